The average Bonchev–Trinajstić information content (AvgIpc) is 2.96. The summed E-state index contributed by atoms with van der Waals surface area (Å²) in [5.74, 6) is -1.20. The molecule has 1 aromatic carbocycles. The van der Waals surface area contributed by atoms with Crippen molar-refractivity contribution in [3.63, 3.8) is 0 Å². The van der Waals surface area contributed by atoms with Gasteiger partial charge < -0.3 is 10.1 Å². The fourth-order valence-corrected chi connectivity index (χ4v) is 2.89. The molecule has 0 bridgehead atoms. The molecule has 2 aromatic rings. The van der Waals surface area contributed by atoms with Gasteiger partial charge in [-0.05, 0) is 36.5 Å². The molecule has 1 aromatic heterocycles. The van der Waals surface area contributed by atoms with E-state index in [0.29, 0.717) is 5.56 Å². The van der Waals surface area contributed by atoms with Crippen molar-refractivity contribution in [2.45, 2.75) is 25.2 Å². The second-order valence-corrected chi connectivity index (χ2v) is 5.12. The number of aryl methyl sites for hydroxylation is 1. The van der Waals surface area contributed by atoms with Gasteiger partial charge in [-0.3, -0.25) is 4.79 Å². The quantitative estimate of drug-likeness (QED) is 0.841. The Morgan fingerprint density at radius 1 is 1.25 bits per heavy atom. The highest BCUT2D eigenvalue weighted by molar-refractivity contribution is 6.02. The van der Waals surface area contributed by atoms with Crippen molar-refractivity contribution >= 4 is 11.8 Å². The van der Waals surface area contributed by atoms with Gasteiger partial charge in [-0.1, -0.05) is 24.3 Å². The van der Waals surface area contributed by atoms with Gasteiger partial charge in [0.2, 0.25) is 0 Å². The molecule has 0 radical (unpaired) electrons. The van der Waals surface area contributed by atoms with E-state index in [-0.39, 0.29) is 17.4 Å². The van der Waals surface area contributed by atoms with E-state index in [9.17, 15) is 9.59 Å². The Bertz CT molecular complexity index is 672. The number of aromatic amines is 1. The highest BCUT2D eigenvalue weighted by Crippen LogP contribution is 2.34. The maximum absolute atomic E-state index is 12.6. The molecule has 3 rings (SSSR count). The number of carboxylic acid groups (broad SMARTS) is 1. The Morgan fingerprint density at radius 3 is 2.80 bits per heavy atom. The van der Waals surface area contributed by atoms with Gasteiger partial charge >= 0.3 is 5.97 Å². The van der Waals surface area contributed by atoms with Crippen LogP contribution in [0.4, 0.5) is 0 Å². The van der Waals surface area contributed by atoms with E-state index in [1.165, 1.54) is 17.8 Å². The maximum atomic E-state index is 12.6. The van der Waals surface area contributed by atoms with Crippen molar-refractivity contribution in [1.29, 1.82) is 0 Å². The molecule has 0 saturated heterocycles. The standard InChI is InChI=1S/C16H15NO3/c18-15(11-8-14(16(19)20)17-9-11)13-7-3-5-10-4-1-2-6-12(10)13/h1-2,4,6,8-9,13,17H,3,5,7H2,(H,19,20). The number of carbonyl (C=O) groups excluding carboxylic acids is 1. The SMILES string of the molecule is O=C(O)c1cc(C(=O)C2CCCc3ccccc32)c[nH]1. The molecule has 0 saturated carbocycles. The first-order valence-corrected chi connectivity index (χ1v) is 6.70. The highest BCUT2D eigenvalue weighted by Gasteiger charge is 2.27. The Balaban J connectivity index is 1.93. The minimum absolute atomic E-state index is 0.000833. The first-order valence-electron chi connectivity index (χ1n) is 6.70. The van der Waals surface area contributed by atoms with Crippen LogP contribution in [0, 0.1) is 0 Å². The van der Waals surface area contributed by atoms with Crippen LogP contribution in [0.5, 0.6) is 0 Å². The van der Waals surface area contributed by atoms with Crippen LogP contribution in [0.2, 0.25) is 0 Å². The molecule has 1 heterocycles. The van der Waals surface area contributed by atoms with Crippen LogP contribution in [0.1, 0.15) is 50.7 Å². The molecule has 0 aliphatic heterocycles. The Morgan fingerprint density at radius 2 is 2.05 bits per heavy atom. The summed E-state index contributed by atoms with van der Waals surface area (Å²) < 4.78 is 0. The van der Waals surface area contributed by atoms with E-state index in [2.05, 4.69) is 11.1 Å². The molecular formula is C16H15NO3. The number of fused-ring (bicyclic) bond motifs is 1. The third-order valence-electron chi connectivity index (χ3n) is 3.88. The Kier molecular flexibility index (Phi) is 3.14. The van der Waals surface area contributed by atoms with Crippen molar-refractivity contribution in [2.24, 2.45) is 0 Å². The van der Waals surface area contributed by atoms with Gasteiger partial charge in [0.1, 0.15) is 5.69 Å². The summed E-state index contributed by atoms with van der Waals surface area (Å²) in [5, 5.41) is 8.91. The fraction of sp³-hybridized carbons (Fsp3) is 0.250. The lowest BCUT2D eigenvalue weighted by molar-refractivity contribution is 0.0691. The number of H-pyrrole nitrogens is 1. The molecule has 20 heavy (non-hydrogen) atoms. The average molecular weight is 269 g/mol. The van der Waals surface area contributed by atoms with Gasteiger partial charge in [0, 0.05) is 17.7 Å². The third-order valence-corrected chi connectivity index (χ3v) is 3.88. The van der Waals surface area contributed by atoms with Crippen molar-refractivity contribution in [1.82, 2.24) is 4.98 Å². The smallest absolute Gasteiger partial charge is 0.352 e. The van der Waals surface area contributed by atoms with E-state index in [1.54, 1.807) is 0 Å². The topological polar surface area (TPSA) is 70.2 Å². The van der Waals surface area contributed by atoms with Gasteiger partial charge in [0.05, 0.1) is 0 Å². The molecule has 0 amide bonds. The minimum Gasteiger partial charge on any atom is -0.477 e. The van der Waals surface area contributed by atoms with Crippen molar-refractivity contribution < 1.29 is 14.7 Å². The molecular weight excluding hydrogens is 254 g/mol. The summed E-state index contributed by atoms with van der Waals surface area (Å²) >= 11 is 0. The van der Waals surface area contributed by atoms with Gasteiger partial charge in [0.15, 0.2) is 5.78 Å². The first kappa shape index (κ1) is 12.7. The fourth-order valence-electron chi connectivity index (χ4n) is 2.89. The number of benzene rings is 1. The van der Waals surface area contributed by atoms with Gasteiger partial charge in [-0.15, -0.1) is 0 Å². The maximum Gasteiger partial charge on any atom is 0.352 e. The lowest BCUT2D eigenvalue weighted by atomic mass is 9.79. The number of hydrogen-bond donors (Lipinski definition) is 2. The van der Waals surface area contributed by atoms with Crippen LogP contribution >= 0.6 is 0 Å². The molecule has 4 heteroatoms. The summed E-state index contributed by atoms with van der Waals surface area (Å²) in [6, 6.07) is 9.42. The normalized spacial score (nSPS) is 17.5. The molecule has 1 unspecified atom stereocenters. The van der Waals surface area contributed by atoms with Crippen molar-refractivity contribution in [2.75, 3.05) is 0 Å². The van der Waals surface area contributed by atoms with Crippen molar-refractivity contribution in [3.8, 4) is 0 Å². The van der Waals surface area contributed by atoms with Crippen LogP contribution in [0.3, 0.4) is 0 Å². The van der Waals surface area contributed by atoms with Crippen LogP contribution < -0.4 is 0 Å². The van der Waals surface area contributed by atoms with Crippen LogP contribution in [0.15, 0.2) is 36.5 Å². The second kappa shape index (κ2) is 4.96. The largest absolute Gasteiger partial charge is 0.477 e. The number of carbonyl (C=O) groups is 2. The summed E-state index contributed by atoms with van der Waals surface area (Å²) in [7, 11) is 0. The minimum atomic E-state index is -1.05. The number of aromatic nitrogens is 1. The molecule has 1 aliphatic rings. The molecule has 1 atom stereocenters. The zero-order valence-electron chi connectivity index (χ0n) is 10.9. The second-order valence-electron chi connectivity index (χ2n) is 5.12. The number of nitrogens with one attached hydrogen (secondary N) is 1. The third kappa shape index (κ3) is 2.13. The van der Waals surface area contributed by atoms with Gasteiger partial charge in [0.25, 0.3) is 0 Å². The number of hydrogen-bond acceptors (Lipinski definition) is 2. The zero-order valence-corrected chi connectivity index (χ0v) is 10.9. The van der Waals surface area contributed by atoms with E-state index < -0.39 is 5.97 Å². The van der Waals surface area contributed by atoms with Gasteiger partial charge in [-0.2, -0.15) is 0 Å². The van der Waals surface area contributed by atoms with Gasteiger partial charge in [-0.25, -0.2) is 4.79 Å². The number of carboxylic acids is 1. The van der Waals surface area contributed by atoms with E-state index >= 15 is 0 Å². The predicted molar refractivity (Wildman–Crippen MR) is 74.2 cm³/mol. The molecule has 2 N–H and O–H groups in total. The zero-order chi connectivity index (χ0) is 14.1. The summed E-state index contributed by atoms with van der Waals surface area (Å²) in [4.78, 5) is 26.1. The molecule has 4 nitrogen and oxygen atoms in total. The van der Waals surface area contributed by atoms with Crippen molar-refractivity contribution in [3.05, 3.63) is 58.9 Å². The summed E-state index contributed by atoms with van der Waals surface area (Å²) in [6.07, 6.45) is 4.31. The first-order chi connectivity index (χ1) is 9.66. The number of aromatic carboxylic acids is 1. The highest BCUT2D eigenvalue weighted by atomic mass is 16.4. The molecule has 1 aliphatic carbocycles. The molecule has 0 fully saturated rings. The van der Waals surface area contributed by atoms with Crippen LogP contribution in [-0.4, -0.2) is 21.8 Å². The Labute approximate surface area is 116 Å². The van der Waals surface area contributed by atoms with E-state index in [0.717, 1.165) is 24.8 Å². The number of ketones is 1. The summed E-state index contributed by atoms with van der Waals surface area (Å²) in [6.45, 7) is 0. The predicted octanol–water partition coefficient (Wildman–Crippen LogP) is 3.02. The lowest BCUT2D eigenvalue weighted by Crippen LogP contribution is -2.18. The molecule has 0 spiro atoms. The number of Topliss-reactive ketones (excluding diaryl/α,β-unsaturated/α-hetero) is 1. The lowest BCUT2D eigenvalue weighted by Gasteiger charge is -2.24. The number of rotatable bonds is 3. The monoisotopic (exact) mass is 269 g/mol. The Hall–Kier alpha value is -2.36. The van der Waals surface area contributed by atoms with Crippen LogP contribution in [-0.2, 0) is 6.42 Å². The van der Waals surface area contributed by atoms with E-state index in [4.69, 9.17) is 5.11 Å². The molecule has 102 valence electrons. The summed E-state index contributed by atoms with van der Waals surface area (Å²) in [5.41, 5.74) is 2.81. The van der Waals surface area contributed by atoms with E-state index in [1.807, 2.05) is 18.2 Å². The van der Waals surface area contributed by atoms with Crippen LogP contribution in [0.25, 0.3) is 0 Å².